The van der Waals surface area contributed by atoms with Crippen molar-refractivity contribution in [3.8, 4) is 17.2 Å². The molecule has 7 heteroatoms. The fourth-order valence-electron chi connectivity index (χ4n) is 1.82. The molecule has 0 saturated heterocycles. The van der Waals surface area contributed by atoms with Gasteiger partial charge in [-0.3, -0.25) is 0 Å². The summed E-state index contributed by atoms with van der Waals surface area (Å²) in [6.45, 7) is 0.349. The van der Waals surface area contributed by atoms with Crippen LogP contribution in [0.1, 0.15) is 0 Å². The third-order valence-electron chi connectivity index (χ3n) is 2.90. The highest BCUT2D eigenvalue weighted by Gasteiger charge is 2.09. The van der Waals surface area contributed by atoms with Gasteiger partial charge in [-0.05, 0) is 36.4 Å². The molecule has 0 fully saturated rings. The van der Waals surface area contributed by atoms with Crippen molar-refractivity contribution in [1.82, 2.24) is 10.2 Å². The highest BCUT2D eigenvalue weighted by atomic mass is 79.9. The van der Waals surface area contributed by atoms with Gasteiger partial charge in [0.15, 0.2) is 11.6 Å². The maximum Gasteiger partial charge on any atom is 0.276 e. The monoisotopic (exact) mass is 394 g/mol. The average Bonchev–Trinajstić information content (AvgIpc) is 3.03. The molecule has 0 saturated carbocycles. The second kappa shape index (κ2) is 7.61. The molecule has 0 spiro atoms. The number of hydrogen-bond acceptors (Lipinski definition) is 5. The van der Waals surface area contributed by atoms with Crippen LogP contribution in [0, 0.1) is 5.82 Å². The van der Waals surface area contributed by atoms with Crippen LogP contribution >= 0.6 is 27.7 Å². The molecular formula is C16H12BrFN2O2S. The lowest BCUT2D eigenvalue weighted by molar-refractivity contribution is 0.324. The summed E-state index contributed by atoms with van der Waals surface area (Å²) >= 11 is 4.75. The van der Waals surface area contributed by atoms with E-state index in [0.717, 1.165) is 10.0 Å². The summed E-state index contributed by atoms with van der Waals surface area (Å²) in [6, 6.07) is 13.9. The summed E-state index contributed by atoms with van der Waals surface area (Å²) in [6.07, 6.45) is 0. The SMILES string of the molecule is Fc1ccccc1OCCSc1nnc(-c2ccc(Br)cc2)o1. The third kappa shape index (κ3) is 4.33. The van der Waals surface area contributed by atoms with Crippen LogP contribution in [-0.2, 0) is 0 Å². The number of aromatic nitrogens is 2. The van der Waals surface area contributed by atoms with E-state index in [-0.39, 0.29) is 11.6 Å². The highest BCUT2D eigenvalue weighted by Crippen LogP contribution is 2.24. The largest absolute Gasteiger partial charge is 0.490 e. The number of benzene rings is 2. The molecule has 0 aliphatic heterocycles. The summed E-state index contributed by atoms with van der Waals surface area (Å²) in [5, 5.41) is 8.45. The van der Waals surface area contributed by atoms with Crippen molar-refractivity contribution in [3.63, 3.8) is 0 Å². The van der Waals surface area contributed by atoms with Crippen LogP contribution in [0.25, 0.3) is 11.5 Å². The Labute approximate surface area is 145 Å². The van der Waals surface area contributed by atoms with Gasteiger partial charge in [-0.1, -0.05) is 39.8 Å². The van der Waals surface area contributed by atoms with E-state index in [1.54, 1.807) is 18.2 Å². The van der Waals surface area contributed by atoms with Crippen molar-refractivity contribution in [2.24, 2.45) is 0 Å². The molecular weight excluding hydrogens is 383 g/mol. The van der Waals surface area contributed by atoms with Gasteiger partial charge in [0.1, 0.15) is 0 Å². The Morgan fingerprint density at radius 2 is 1.87 bits per heavy atom. The van der Waals surface area contributed by atoms with Gasteiger partial charge in [-0.2, -0.15) is 0 Å². The van der Waals surface area contributed by atoms with Crippen molar-refractivity contribution in [2.45, 2.75) is 5.22 Å². The summed E-state index contributed by atoms with van der Waals surface area (Å²) in [5.41, 5.74) is 0.857. The molecule has 0 atom stereocenters. The zero-order valence-electron chi connectivity index (χ0n) is 11.9. The maximum atomic E-state index is 13.4. The van der Waals surface area contributed by atoms with Gasteiger partial charge in [-0.15, -0.1) is 10.2 Å². The quantitative estimate of drug-likeness (QED) is 0.443. The first-order valence-electron chi connectivity index (χ1n) is 6.82. The number of halogens is 2. The van der Waals surface area contributed by atoms with Gasteiger partial charge in [0.25, 0.3) is 5.22 Å². The molecule has 4 nitrogen and oxygen atoms in total. The lowest BCUT2D eigenvalue weighted by Crippen LogP contribution is -2.01. The molecule has 2 aromatic carbocycles. The number of rotatable bonds is 6. The Hall–Kier alpha value is -1.86. The molecule has 1 aromatic heterocycles. The Balaban J connectivity index is 1.52. The van der Waals surface area contributed by atoms with Gasteiger partial charge in [-0.25, -0.2) is 4.39 Å². The molecule has 0 bridgehead atoms. The van der Waals surface area contributed by atoms with Crippen LogP contribution in [0.5, 0.6) is 5.75 Å². The van der Waals surface area contributed by atoms with Crippen molar-refractivity contribution >= 4 is 27.7 Å². The van der Waals surface area contributed by atoms with E-state index in [9.17, 15) is 4.39 Å². The Bertz CT molecular complexity index is 780. The van der Waals surface area contributed by atoms with Crippen LogP contribution in [0.4, 0.5) is 4.39 Å². The van der Waals surface area contributed by atoms with Crippen molar-refractivity contribution in [2.75, 3.05) is 12.4 Å². The predicted molar refractivity (Wildman–Crippen MR) is 90.1 cm³/mol. The molecule has 1 heterocycles. The molecule has 118 valence electrons. The number of ether oxygens (including phenoxy) is 1. The van der Waals surface area contributed by atoms with Gasteiger partial charge in [0.2, 0.25) is 5.89 Å². The smallest absolute Gasteiger partial charge is 0.276 e. The summed E-state index contributed by atoms with van der Waals surface area (Å²) in [5.74, 6) is 0.924. The van der Waals surface area contributed by atoms with E-state index in [4.69, 9.17) is 9.15 Å². The minimum atomic E-state index is -0.368. The van der Waals surface area contributed by atoms with Crippen LogP contribution in [0.2, 0.25) is 0 Å². The summed E-state index contributed by atoms with van der Waals surface area (Å²) < 4.78 is 25.3. The average molecular weight is 395 g/mol. The van der Waals surface area contributed by atoms with E-state index in [1.807, 2.05) is 24.3 Å². The topological polar surface area (TPSA) is 48.2 Å². The lowest BCUT2D eigenvalue weighted by Gasteiger charge is -2.05. The van der Waals surface area contributed by atoms with Gasteiger partial charge in [0.05, 0.1) is 6.61 Å². The summed E-state index contributed by atoms with van der Waals surface area (Å²) in [4.78, 5) is 0. The third-order valence-corrected chi connectivity index (χ3v) is 4.21. The number of hydrogen-bond donors (Lipinski definition) is 0. The summed E-state index contributed by atoms with van der Waals surface area (Å²) in [7, 11) is 0. The van der Waals surface area contributed by atoms with Crippen molar-refractivity contribution < 1.29 is 13.5 Å². The zero-order valence-corrected chi connectivity index (χ0v) is 14.3. The molecule has 0 aliphatic carbocycles. The minimum absolute atomic E-state index is 0.245. The van der Waals surface area contributed by atoms with Crippen LogP contribution in [0.15, 0.2) is 62.6 Å². The van der Waals surface area contributed by atoms with E-state index >= 15 is 0 Å². The van der Waals surface area contributed by atoms with Crippen LogP contribution < -0.4 is 4.74 Å². The Morgan fingerprint density at radius 3 is 2.65 bits per heavy atom. The molecule has 23 heavy (non-hydrogen) atoms. The van der Waals surface area contributed by atoms with Crippen LogP contribution in [-0.4, -0.2) is 22.6 Å². The van der Waals surface area contributed by atoms with E-state index in [1.165, 1.54) is 17.8 Å². The van der Waals surface area contributed by atoms with Crippen molar-refractivity contribution in [1.29, 1.82) is 0 Å². The zero-order chi connectivity index (χ0) is 16.1. The molecule has 3 aromatic rings. The van der Waals surface area contributed by atoms with E-state index in [2.05, 4.69) is 26.1 Å². The highest BCUT2D eigenvalue weighted by molar-refractivity contribution is 9.10. The van der Waals surface area contributed by atoms with Crippen LogP contribution in [0.3, 0.4) is 0 Å². The lowest BCUT2D eigenvalue weighted by atomic mass is 10.2. The Morgan fingerprint density at radius 1 is 1.09 bits per heavy atom. The number of thioether (sulfide) groups is 1. The molecule has 3 rings (SSSR count). The van der Waals surface area contributed by atoms with E-state index < -0.39 is 0 Å². The van der Waals surface area contributed by atoms with Gasteiger partial charge < -0.3 is 9.15 Å². The van der Waals surface area contributed by atoms with Gasteiger partial charge >= 0.3 is 0 Å². The molecule has 0 unspecified atom stereocenters. The minimum Gasteiger partial charge on any atom is -0.490 e. The first-order chi connectivity index (χ1) is 11.2. The second-order valence-electron chi connectivity index (χ2n) is 4.51. The molecule has 0 radical (unpaired) electrons. The van der Waals surface area contributed by atoms with E-state index in [0.29, 0.717) is 23.5 Å². The number of nitrogens with zero attached hydrogens (tertiary/aromatic N) is 2. The predicted octanol–water partition coefficient (Wildman–Crippen LogP) is 4.81. The fourth-order valence-corrected chi connectivity index (χ4v) is 2.66. The first-order valence-corrected chi connectivity index (χ1v) is 8.60. The van der Waals surface area contributed by atoms with Crippen molar-refractivity contribution in [3.05, 3.63) is 58.8 Å². The molecule has 0 amide bonds. The maximum absolute atomic E-state index is 13.4. The molecule has 0 N–H and O–H groups in total. The molecule has 0 aliphatic rings. The first kappa shape index (κ1) is 16.0. The standard InChI is InChI=1S/C16H12BrFN2O2S/c17-12-7-5-11(6-8-12)15-19-20-16(22-15)23-10-9-21-14-4-2-1-3-13(14)18/h1-8H,9-10H2. The Kier molecular flexibility index (Phi) is 5.30. The fraction of sp³-hybridized carbons (Fsp3) is 0.125. The normalized spacial score (nSPS) is 10.7. The second-order valence-corrected chi connectivity index (χ2v) is 6.47. The number of para-hydroxylation sites is 1. The van der Waals surface area contributed by atoms with Gasteiger partial charge in [0, 0.05) is 15.8 Å².